The van der Waals surface area contributed by atoms with Crippen LogP contribution in [-0.4, -0.2) is 0 Å². The van der Waals surface area contributed by atoms with Gasteiger partial charge in [-0.05, 0) is 116 Å². The summed E-state index contributed by atoms with van der Waals surface area (Å²) in [7, 11) is 0. The summed E-state index contributed by atoms with van der Waals surface area (Å²) in [5, 5.41) is 7.84. The van der Waals surface area contributed by atoms with Gasteiger partial charge in [0.05, 0.1) is 5.41 Å². The summed E-state index contributed by atoms with van der Waals surface area (Å²) in [6.07, 6.45) is 0. The van der Waals surface area contributed by atoms with Crippen LogP contribution in [0.15, 0.2) is 194 Å². The van der Waals surface area contributed by atoms with Crippen molar-refractivity contribution in [1.82, 2.24) is 0 Å². The maximum atomic E-state index is 2.51. The van der Waals surface area contributed by atoms with Crippen molar-refractivity contribution in [3.05, 3.63) is 216 Å². The lowest BCUT2D eigenvalue weighted by Crippen LogP contribution is -2.25. The second kappa shape index (κ2) is 10.6. The molecule has 0 aliphatic heterocycles. The van der Waals surface area contributed by atoms with E-state index in [1.807, 2.05) is 0 Å². The van der Waals surface area contributed by atoms with E-state index in [9.17, 15) is 0 Å². The zero-order chi connectivity index (χ0) is 34.7. The smallest absolute Gasteiger partial charge is 0.0622 e. The summed E-state index contributed by atoms with van der Waals surface area (Å²) in [6, 6.07) is 72.7. The van der Waals surface area contributed by atoms with Gasteiger partial charge in [-0.25, -0.2) is 0 Å². The Kier molecular flexibility index (Phi) is 5.80. The first kappa shape index (κ1) is 28.9. The van der Waals surface area contributed by atoms with E-state index in [0.717, 1.165) is 0 Å². The molecule has 53 heavy (non-hydrogen) atoms. The molecule has 0 nitrogen and oxygen atoms in total. The molecule has 12 rings (SSSR count). The van der Waals surface area contributed by atoms with Crippen molar-refractivity contribution in [2.24, 2.45) is 0 Å². The van der Waals surface area contributed by atoms with Crippen molar-refractivity contribution < 1.29 is 0 Å². The molecule has 2 aliphatic rings. The third-order valence-electron chi connectivity index (χ3n) is 12.3. The summed E-state index contributed by atoms with van der Waals surface area (Å²) in [6.45, 7) is 0. The third kappa shape index (κ3) is 3.80. The first-order valence-electron chi connectivity index (χ1n) is 18.6. The summed E-state index contributed by atoms with van der Waals surface area (Å²) in [5.74, 6) is 0. The molecule has 0 heterocycles. The molecule has 2 aliphatic carbocycles. The molecular formula is C53H32. The standard InChI is InChI=1S/C53H32/c1-2-10-33(11-3-1)34-18-20-35(21-19-34)39-27-22-36-25-31-46-40(28-23-37-24-30-45(39)51(36)52(37)46)38-26-29-44-43-14-6-9-17-49(43)53(50(44)32-38)47-15-7-4-12-41(47)42-13-5-8-16-48(42)53/h1-32H. The molecule has 0 saturated heterocycles. The van der Waals surface area contributed by atoms with Crippen molar-refractivity contribution in [2.45, 2.75) is 5.41 Å². The summed E-state index contributed by atoms with van der Waals surface area (Å²) in [4.78, 5) is 0. The molecule has 0 amide bonds. The van der Waals surface area contributed by atoms with E-state index >= 15 is 0 Å². The van der Waals surface area contributed by atoms with Gasteiger partial charge in [-0.1, -0.05) is 188 Å². The number of benzene rings is 10. The molecule has 0 heteroatoms. The summed E-state index contributed by atoms with van der Waals surface area (Å²) in [5.41, 5.74) is 18.0. The Hall–Kier alpha value is -6.76. The summed E-state index contributed by atoms with van der Waals surface area (Å²) >= 11 is 0. The summed E-state index contributed by atoms with van der Waals surface area (Å²) < 4.78 is 0. The predicted molar refractivity (Wildman–Crippen MR) is 223 cm³/mol. The molecule has 0 N–H and O–H groups in total. The van der Waals surface area contributed by atoms with Gasteiger partial charge in [-0.3, -0.25) is 0 Å². The Morgan fingerprint density at radius 3 is 1.21 bits per heavy atom. The Bertz CT molecular complexity index is 3030. The first-order valence-corrected chi connectivity index (χ1v) is 18.6. The van der Waals surface area contributed by atoms with E-state index in [2.05, 4.69) is 194 Å². The fourth-order valence-corrected chi connectivity index (χ4v) is 10.0. The van der Waals surface area contributed by atoms with Gasteiger partial charge in [0.15, 0.2) is 0 Å². The van der Waals surface area contributed by atoms with E-state index in [0.29, 0.717) is 0 Å². The van der Waals surface area contributed by atoms with Crippen LogP contribution in [0.25, 0.3) is 88.0 Å². The van der Waals surface area contributed by atoms with Gasteiger partial charge >= 0.3 is 0 Å². The van der Waals surface area contributed by atoms with Gasteiger partial charge < -0.3 is 0 Å². The Balaban J connectivity index is 1.07. The molecule has 0 saturated carbocycles. The largest absolute Gasteiger partial charge is 0.0725 e. The SMILES string of the molecule is c1ccc(-c2ccc(-c3ccc4ccc5c(-c6ccc7c(c6)C6(c8ccccc8-c8ccccc86)c6ccccc6-7)ccc6ccc3c4c65)cc2)cc1. The van der Waals surface area contributed by atoms with Crippen LogP contribution in [0, 0.1) is 0 Å². The minimum absolute atomic E-state index is 0.357. The zero-order valence-electron chi connectivity index (χ0n) is 29.0. The Morgan fingerprint density at radius 1 is 0.245 bits per heavy atom. The predicted octanol–water partition coefficient (Wildman–Crippen LogP) is 13.9. The van der Waals surface area contributed by atoms with Crippen LogP contribution in [0.5, 0.6) is 0 Å². The Labute approximate surface area is 308 Å². The minimum atomic E-state index is -0.357. The number of fused-ring (bicyclic) bond motifs is 10. The quantitative estimate of drug-likeness (QED) is 0.164. The van der Waals surface area contributed by atoms with E-state index in [1.165, 1.54) is 110 Å². The second-order valence-electron chi connectivity index (χ2n) is 14.7. The lowest BCUT2D eigenvalue weighted by molar-refractivity contribution is 0.794. The van der Waals surface area contributed by atoms with Crippen molar-refractivity contribution in [1.29, 1.82) is 0 Å². The lowest BCUT2D eigenvalue weighted by Gasteiger charge is -2.30. The molecule has 0 unspecified atom stereocenters. The highest BCUT2D eigenvalue weighted by atomic mass is 14.5. The second-order valence-corrected chi connectivity index (χ2v) is 14.7. The third-order valence-corrected chi connectivity index (χ3v) is 12.3. The zero-order valence-corrected chi connectivity index (χ0v) is 29.0. The van der Waals surface area contributed by atoms with Crippen LogP contribution in [0.2, 0.25) is 0 Å². The number of hydrogen-bond acceptors (Lipinski definition) is 0. The molecule has 244 valence electrons. The topological polar surface area (TPSA) is 0 Å². The van der Waals surface area contributed by atoms with E-state index < -0.39 is 0 Å². The Morgan fingerprint density at radius 2 is 0.642 bits per heavy atom. The monoisotopic (exact) mass is 668 g/mol. The molecule has 10 aromatic rings. The number of rotatable bonds is 3. The van der Waals surface area contributed by atoms with Crippen molar-refractivity contribution in [3.8, 4) is 55.6 Å². The maximum absolute atomic E-state index is 2.51. The molecule has 10 aromatic carbocycles. The maximum Gasteiger partial charge on any atom is 0.0725 e. The van der Waals surface area contributed by atoms with Gasteiger partial charge in [0.2, 0.25) is 0 Å². The van der Waals surface area contributed by atoms with E-state index in [4.69, 9.17) is 0 Å². The van der Waals surface area contributed by atoms with E-state index in [-0.39, 0.29) is 5.41 Å². The van der Waals surface area contributed by atoms with Gasteiger partial charge in [0.1, 0.15) is 0 Å². The minimum Gasteiger partial charge on any atom is -0.0622 e. The van der Waals surface area contributed by atoms with Crippen LogP contribution < -0.4 is 0 Å². The highest BCUT2D eigenvalue weighted by Gasteiger charge is 2.51. The van der Waals surface area contributed by atoms with Crippen LogP contribution in [0.3, 0.4) is 0 Å². The highest BCUT2D eigenvalue weighted by Crippen LogP contribution is 2.63. The van der Waals surface area contributed by atoms with Crippen LogP contribution in [-0.2, 0) is 5.41 Å². The molecule has 0 aromatic heterocycles. The van der Waals surface area contributed by atoms with Crippen molar-refractivity contribution >= 4 is 32.3 Å². The fourth-order valence-electron chi connectivity index (χ4n) is 10.0. The van der Waals surface area contributed by atoms with Crippen LogP contribution in [0.4, 0.5) is 0 Å². The number of hydrogen-bond donors (Lipinski definition) is 0. The van der Waals surface area contributed by atoms with Crippen molar-refractivity contribution in [3.63, 3.8) is 0 Å². The highest BCUT2D eigenvalue weighted by molar-refractivity contribution is 6.27. The lowest BCUT2D eigenvalue weighted by atomic mass is 9.70. The molecular weight excluding hydrogens is 637 g/mol. The van der Waals surface area contributed by atoms with Gasteiger partial charge in [-0.2, -0.15) is 0 Å². The normalized spacial score (nSPS) is 13.4. The molecule has 0 bridgehead atoms. The first-order chi connectivity index (χ1) is 26.3. The van der Waals surface area contributed by atoms with Gasteiger partial charge in [0, 0.05) is 0 Å². The average Bonchev–Trinajstić information content (AvgIpc) is 3.70. The van der Waals surface area contributed by atoms with E-state index in [1.54, 1.807) is 0 Å². The average molecular weight is 669 g/mol. The molecule has 0 fully saturated rings. The molecule has 0 atom stereocenters. The van der Waals surface area contributed by atoms with Crippen molar-refractivity contribution in [2.75, 3.05) is 0 Å². The van der Waals surface area contributed by atoms with Gasteiger partial charge in [0.25, 0.3) is 0 Å². The molecule has 0 radical (unpaired) electrons. The van der Waals surface area contributed by atoms with Crippen LogP contribution >= 0.6 is 0 Å². The molecule has 1 spiro atoms. The van der Waals surface area contributed by atoms with Crippen LogP contribution in [0.1, 0.15) is 22.3 Å². The van der Waals surface area contributed by atoms with Gasteiger partial charge in [-0.15, -0.1) is 0 Å². The fraction of sp³-hybridized carbons (Fsp3) is 0.0189.